The fourth-order valence-electron chi connectivity index (χ4n) is 2.90. The van der Waals surface area contributed by atoms with Gasteiger partial charge < -0.3 is 4.90 Å². The van der Waals surface area contributed by atoms with Gasteiger partial charge in [0.05, 0.1) is 6.04 Å². The highest BCUT2D eigenvalue weighted by Gasteiger charge is 2.43. The molecule has 3 rings (SSSR count). The third kappa shape index (κ3) is 1.79. The number of benzene rings is 1. The molecule has 1 saturated heterocycles. The van der Waals surface area contributed by atoms with Crippen LogP contribution in [0.25, 0.3) is 0 Å². The molecule has 2 atom stereocenters. The molecule has 0 aromatic heterocycles. The number of fused-ring (bicyclic) bond motifs is 1. The van der Waals surface area contributed by atoms with E-state index in [4.69, 9.17) is 0 Å². The number of amides is 3. The Hall–Kier alpha value is -2.24. The lowest BCUT2D eigenvalue weighted by atomic mass is 10.0. The average Bonchev–Trinajstić information content (AvgIpc) is 2.63. The molecular weight excluding hydrogens is 263 g/mol. The Kier molecular flexibility index (Phi) is 2.81. The highest BCUT2D eigenvalue weighted by molar-refractivity contribution is 6.05. The van der Waals surface area contributed by atoms with Crippen LogP contribution in [0.15, 0.2) is 18.2 Å². The molecule has 0 aliphatic carbocycles. The van der Waals surface area contributed by atoms with Gasteiger partial charge in [0.15, 0.2) is 0 Å². The minimum Gasteiger partial charge on any atom is -0.320 e. The maximum Gasteiger partial charge on any atom is 0.255 e. The van der Waals surface area contributed by atoms with Gasteiger partial charge in [-0.25, -0.2) is 4.39 Å². The maximum absolute atomic E-state index is 13.3. The third-order valence-electron chi connectivity index (χ3n) is 3.89. The first kappa shape index (κ1) is 12.8. The van der Waals surface area contributed by atoms with E-state index < -0.39 is 17.8 Å². The minimum atomic E-state index is -0.675. The van der Waals surface area contributed by atoms with Crippen LogP contribution in [0.1, 0.15) is 41.7 Å². The monoisotopic (exact) mass is 276 g/mol. The molecule has 2 heterocycles. The maximum atomic E-state index is 13.3. The van der Waals surface area contributed by atoms with E-state index in [0.29, 0.717) is 17.5 Å². The third-order valence-corrected chi connectivity index (χ3v) is 3.89. The smallest absolute Gasteiger partial charge is 0.255 e. The van der Waals surface area contributed by atoms with Gasteiger partial charge in [-0.15, -0.1) is 0 Å². The molecule has 0 saturated carbocycles. The largest absolute Gasteiger partial charge is 0.320 e. The first-order valence-electron chi connectivity index (χ1n) is 6.45. The van der Waals surface area contributed by atoms with E-state index in [2.05, 4.69) is 5.32 Å². The average molecular weight is 276 g/mol. The fraction of sp³-hybridized carbons (Fsp3) is 0.357. The lowest BCUT2D eigenvalue weighted by molar-refractivity contribution is -0.137. The molecule has 1 aromatic carbocycles. The summed E-state index contributed by atoms with van der Waals surface area (Å²) in [7, 11) is 0. The minimum absolute atomic E-state index is 0.206. The van der Waals surface area contributed by atoms with E-state index in [0.717, 1.165) is 0 Å². The van der Waals surface area contributed by atoms with Gasteiger partial charge in [-0.05, 0) is 31.0 Å². The van der Waals surface area contributed by atoms with Gasteiger partial charge in [-0.1, -0.05) is 6.07 Å². The summed E-state index contributed by atoms with van der Waals surface area (Å²) in [6.07, 6.45) is 0.509. The van der Waals surface area contributed by atoms with Crippen molar-refractivity contribution in [3.63, 3.8) is 0 Å². The molecule has 2 aliphatic rings. The van der Waals surface area contributed by atoms with Crippen LogP contribution in [-0.2, 0) is 9.59 Å². The van der Waals surface area contributed by atoms with Gasteiger partial charge in [-0.2, -0.15) is 0 Å². The molecule has 2 aliphatic heterocycles. The summed E-state index contributed by atoms with van der Waals surface area (Å²) in [5.41, 5.74) is 1.00. The Morgan fingerprint density at radius 1 is 1.30 bits per heavy atom. The van der Waals surface area contributed by atoms with Crippen molar-refractivity contribution in [2.24, 2.45) is 0 Å². The van der Waals surface area contributed by atoms with Crippen molar-refractivity contribution in [2.75, 3.05) is 0 Å². The van der Waals surface area contributed by atoms with Crippen LogP contribution in [0, 0.1) is 5.82 Å². The number of halogens is 1. The predicted molar refractivity (Wildman–Crippen MR) is 67.2 cm³/mol. The first-order valence-corrected chi connectivity index (χ1v) is 6.45. The summed E-state index contributed by atoms with van der Waals surface area (Å²) in [4.78, 5) is 36.9. The number of carbonyl (C=O) groups is 3. The molecule has 1 aromatic rings. The zero-order chi connectivity index (χ0) is 14.4. The standard InChI is InChI=1S/C14H13FN2O3/c1-7-9-3-2-8(15)6-10(9)14(20)17(7)11-4-5-12(18)16-13(11)19/h2-3,6-7,11H,4-5H2,1H3,(H,16,18,19). The van der Waals surface area contributed by atoms with Gasteiger partial charge in [0.25, 0.3) is 5.91 Å². The SMILES string of the molecule is CC1c2ccc(F)cc2C(=O)N1C1CCC(=O)NC1=O. The van der Waals surface area contributed by atoms with Gasteiger partial charge in [0.2, 0.25) is 11.8 Å². The molecular formula is C14H13FN2O3. The molecule has 1 N–H and O–H groups in total. The number of hydrogen-bond donors (Lipinski definition) is 1. The van der Waals surface area contributed by atoms with E-state index in [1.165, 1.54) is 17.0 Å². The van der Waals surface area contributed by atoms with Crippen LogP contribution in [0.2, 0.25) is 0 Å². The number of piperidine rings is 1. The van der Waals surface area contributed by atoms with E-state index in [1.807, 2.05) is 0 Å². The molecule has 0 spiro atoms. The molecule has 6 heteroatoms. The summed E-state index contributed by atoms with van der Waals surface area (Å²) in [5.74, 6) is -1.63. The van der Waals surface area contributed by atoms with Crippen molar-refractivity contribution in [1.29, 1.82) is 0 Å². The Balaban J connectivity index is 1.95. The van der Waals surface area contributed by atoms with Crippen LogP contribution in [0.5, 0.6) is 0 Å². The molecule has 3 amide bonds. The van der Waals surface area contributed by atoms with Crippen molar-refractivity contribution in [3.8, 4) is 0 Å². The molecule has 2 unspecified atom stereocenters. The fourth-order valence-corrected chi connectivity index (χ4v) is 2.90. The quantitative estimate of drug-likeness (QED) is 0.782. The van der Waals surface area contributed by atoms with Crippen molar-refractivity contribution in [2.45, 2.75) is 31.8 Å². The highest BCUT2D eigenvalue weighted by Crippen LogP contribution is 2.36. The van der Waals surface area contributed by atoms with Gasteiger partial charge in [0, 0.05) is 12.0 Å². The van der Waals surface area contributed by atoms with Gasteiger partial charge in [0.1, 0.15) is 11.9 Å². The number of carbonyl (C=O) groups excluding carboxylic acids is 3. The molecule has 0 radical (unpaired) electrons. The van der Waals surface area contributed by atoms with Gasteiger partial charge >= 0.3 is 0 Å². The lowest BCUT2D eigenvalue weighted by Gasteiger charge is -2.32. The first-order chi connectivity index (χ1) is 9.49. The zero-order valence-electron chi connectivity index (χ0n) is 10.9. The van der Waals surface area contributed by atoms with Crippen LogP contribution >= 0.6 is 0 Å². The van der Waals surface area contributed by atoms with E-state index in [9.17, 15) is 18.8 Å². The Morgan fingerprint density at radius 3 is 2.75 bits per heavy atom. The van der Waals surface area contributed by atoms with E-state index in [1.54, 1.807) is 13.0 Å². The second-order valence-electron chi connectivity index (χ2n) is 5.09. The van der Waals surface area contributed by atoms with Crippen molar-refractivity contribution in [1.82, 2.24) is 10.2 Å². The molecule has 20 heavy (non-hydrogen) atoms. The van der Waals surface area contributed by atoms with Crippen LogP contribution < -0.4 is 5.32 Å². The van der Waals surface area contributed by atoms with Crippen molar-refractivity contribution >= 4 is 17.7 Å². The summed E-state index contributed by atoms with van der Waals surface area (Å²) < 4.78 is 13.3. The molecule has 1 fully saturated rings. The number of nitrogens with one attached hydrogen (secondary N) is 1. The molecule has 104 valence electrons. The topological polar surface area (TPSA) is 66.5 Å². The summed E-state index contributed by atoms with van der Waals surface area (Å²) in [6.45, 7) is 1.80. The van der Waals surface area contributed by atoms with E-state index in [-0.39, 0.29) is 24.3 Å². The normalized spacial score (nSPS) is 25.7. The summed E-state index contributed by atoms with van der Waals surface area (Å²) >= 11 is 0. The van der Waals surface area contributed by atoms with Crippen molar-refractivity contribution in [3.05, 3.63) is 35.1 Å². The Morgan fingerprint density at radius 2 is 2.05 bits per heavy atom. The summed E-state index contributed by atoms with van der Waals surface area (Å²) in [6, 6.07) is 3.09. The lowest BCUT2D eigenvalue weighted by Crippen LogP contribution is -2.53. The number of hydrogen-bond acceptors (Lipinski definition) is 3. The second-order valence-corrected chi connectivity index (χ2v) is 5.09. The number of rotatable bonds is 1. The summed E-state index contributed by atoms with van der Waals surface area (Å²) in [5, 5.41) is 2.24. The van der Waals surface area contributed by atoms with Gasteiger partial charge in [-0.3, -0.25) is 19.7 Å². The highest BCUT2D eigenvalue weighted by atomic mass is 19.1. The second kappa shape index (κ2) is 4.40. The van der Waals surface area contributed by atoms with Crippen LogP contribution in [0.3, 0.4) is 0 Å². The predicted octanol–water partition coefficient (Wildman–Crippen LogP) is 1.15. The van der Waals surface area contributed by atoms with Crippen LogP contribution in [0.4, 0.5) is 4.39 Å². The zero-order valence-corrected chi connectivity index (χ0v) is 10.9. The van der Waals surface area contributed by atoms with Crippen molar-refractivity contribution < 1.29 is 18.8 Å². The number of imide groups is 1. The Bertz CT molecular complexity index is 629. The molecule has 5 nitrogen and oxygen atoms in total. The molecule has 0 bridgehead atoms. The number of nitrogens with zero attached hydrogens (tertiary/aromatic N) is 1. The van der Waals surface area contributed by atoms with Crippen LogP contribution in [-0.4, -0.2) is 28.7 Å². The van der Waals surface area contributed by atoms with E-state index >= 15 is 0 Å². The Labute approximate surface area is 114 Å².